The molecular weight excluding hydrogens is 467 g/mol. The zero-order valence-corrected chi connectivity index (χ0v) is 21.7. The van der Waals surface area contributed by atoms with E-state index in [-0.39, 0.29) is 12.1 Å². The van der Waals surface area contributed by atoms with Gasteiger partial charge in [0.15, 0.2) is 5.81 Å². The van der Waals surface area contributed by atoms with E-state index >= 15 is 0 Å². The van der Waals surface area contributed by atoms with Gasteiger partial charge in [-0.3, -0.25) is 9.69 Å². The number of aliphatic hydroxyl groups excluding tert-OH is 1. The zero-order chi connectivity index (χ0) is 26.6. The fourth-order valence-corrected chi connectivity index (χ4v) is 5.03. The topological polar surface area (TPSA) is 52.6 Å². The van der Waals surface area contributed by atoms with Crippen LogP contribution in [0.5, 0.6) is 0 Å². The molecule has 0 aromatic heterocycles. The van der Waals surface area contributed by atoms with Crippen molar-refractivity contribution in [3.63, 3.8) is 0 Å². The lowest BCUT2D eigenvalue weighted by Crippen LogP contribution is -2.48. The predicted molar refractivity (Wildman–Crippen MR) is 155 cm³/mol. The minimum Gasteiger partial charge on any atom is -0.391 e. The van der Waals surface area contributed by atoms with E-state index in [1.165, 1.54) is 11.1 Å². The van der Waals surface area contributed by atoms with Gasteiger partial charge in [0, 0.05) is 25.2 Å². The fourth-order valence-electron chi connectivity index (χ4n) is 5.03. The second kappa shape index (κ2) is 14.3. The van der Waals surface area contributed by atoms with Crippen molar-refractivity contribution in [1.29, 1.82) is 0 Å². The van der Waals surface area contributed by atoms with E-state index in [1.54, 1.807) is 0 Å². The van der Waals surface area contributed by atoms with Crippen LogP contribution in [0.1, 0.15) is 28.7 Å². The monoisotopic (exact) mass is 502 g/mol. The van der Waals surface area contributed by atoms with Crippen molar-refractivity contribution in [2.45, 2.75) is 50.5 Å². The van der Waals surface area contributed by atoms with Gasteiger partial charge >= 0.3 is 0 Å². The third kappa shape index (κ3) is 8.72. The van der Waals surface area contributed by atoms with Crippen molar-refractivity contribution in [3.05, 3.63) is 144 Å². The number of benzene rings is 4. The number of nitrogens with one attached hydrogen (secondary N) is 1. The molecule has 0 saturated heterocycles. The number of aliphatic hydroxyl groups is 1. The summed E-state index contributed by atoms with van der Waals surface area (Å²) < 4.78 is 0. The van der Waals surface area contributed by atoms with Gasteiger partial charge in [0.1, 0.15) is 0 Å². The quantitative estimate of drug-likeness (QED) is 0.236. The number of carbonyl (C=O) groups is 1. The van der Waals surface area contributed by atoms with Gasteiger partial charge in [-0.15, -0.1) is 0 Å². The Bertz CT molecular complexity index is 1180. The molecule has 2 radical (unpaired) electrons. The summed E-state index contributed by atoms with van der Waals surface area (Å²) in [5.41, 5.74) is 4.61. The molecule has 0 unspecified atom stereocenters. The lowest BCUT2D eigenvalue weighted by Gasteiger charge is -2.37. The maximum atomic E-state index is 11.9. The Morgan fingerprint density at radius 3 is 1.47 bits per heavy atom. The van der Waals surface area contributed by atoms with Crippen molar-refractivity contribution >= 4 is 13.7 Å². The number of nitrogens with zero attached hydrogens (tertiary/aromatic N) is 1. The second-order valence-corrected chi connectivity index (χ2v) is 9.83. The average molecular weight is 502 g/mol. The molecule has 0 aliphatic rings. The Morgan fingerprint density at radius 2 is 1.05 bits per heavy atom. The highest BCUT2D eigenvalue weighted by Gasteiger charge is 2.29. The molecule has 0 spiro atoms. The van der Waals surface area contributed by atoms with Gasteiger partial charge in [0.25, 0.3) is 0 Å². The Labute approximate surface area is 227 Å². The molecule has 4 aromatic rings. The van der Waals surface area contributed by atoms with E-state index in [4.69, 9.17) is 7.85 Å². The van der Waals surface area contributed by atoms with Crippen molar-refractivity contribution in [1.82, 2.24) is 10.2 Å². The van der Waals surface area contributed by atoms with Crippen molar-refractivity contribution in [2.24, 2.45) is 0 Å². The smallest absolute Gasteiger partial charge is 0.200 e. The van der Waals surface area contributed by atoms with E-state index < -0.39 is 11.9 Å². The summed E-state index contributed by atoms with van der Waals surface area (Å²) in [7, 11) is 5.54. The number of hydrogen-bond donors (Lipinski definition) is 2. The Balaban J connectivity index is 1.63. The molecule has 0 saturated carbocycles. The van der Waals surface area contributed by atoms with Gasteiger partial charge in [-0.05, 0) is 41.5 Å². The van der Waals surface area contributed by atoms with Gasteiger partial charge < -0.3 is 10.4 Å². The van der Waals surface area contributed by atoms with Crippen LogP contribution < -0.4 is 5.32 Å². The van der Waals surface area contributed by atoms with E-state index in [9.17, 15) is 9.90 Å². The molecule has 2 N–H and O–H groups in total. The number of hydrogen-bond acceptors (Lipinski definition) is 3. The molecule has 192 valence electrons. The van der Waals surface area contributed by atoms with Crippen molar-refractivity contribution in [3.8, 4) is 0 Å². The molecule has 0 heterocycles. The molecule has 0 bridgehead atoms. The van der Waals surface area contributed by atoms with E-state index in [0.717, 1.165) is 11.1 Å². The maximum absolute atomic E-state index is 11.9. The van der Waals surface area contributed by atoms with Gasteiger partial charge in [-0.2, -0.15) is 0 Å². The average Bonchev–Trinajstić information content (AvgIpc) is 2.93. The predicted octanol–water partition coefficient (Wildman–Crippen LogP) is 5.54. The lowest BCUT2D eigenvalue weighted by atomic mass is 9.91. The van der Waals surface area contributed by atoms with Gasteiger partial charge in [0.05, 0.1) is 6.10 Å². The summed E-state index contributed by atoms with van der Waals surface area (Å²) in [6.07, 6.45) is 0.949. The lowest BCUT2D eigenvalue weighted by molar-refractivity contribution is 0.0287. The molecule has 0 fully saturated rings. The van der Waals surface area contributed by atoms with Gasteiger partial charge in [0.2, 0.25) is 7.85 Å². The summed E-state index contributed by atoms with van der Waals surface area (Å²) >= 11 is 0. The minimum absolute atomic E-state index is 0.189. The molecule has 38 heavy (non-hydrogen) atoms. The third-order valence-electron chi connectivity index (χ3n) is 6.86. The van der Waals surface area contributed by atoms with E-state index in [0.29, 0.717) is 32.4 Å². The second-order valence-electron chi connectivity index (χ2n) is 9.83. The molecule has 4 nitrogen and oxygen atoms in total. The highest BCUT2D eigenvalue weighted by atomic mass is 16.3. The van der Waals surface area contributed by atoms with Crippen LogP contribution in [0.3, 0.4) is 0 Å². The van der Waals surface area contributed by atoms with Gasteiger partial charge in [-0.1, -0.05) is 121 Å². The molecule has 4 aromatic carbocycles. The third-order valence-corrected chi connectivity index (χ3v) is 6.86. The first kappa shape index (κ1) is 27.4. The van der Waals surface area contributed by atoms with Crippen molar-refractivity contribution < 1.29 is 9.90 Å². The van der Waals surface area contributed by atoms with Crippen LogP contribution in [0, 0.1) is 0 Å². The zero-order valence-electron chi connectivity index (χ0n) is 21.7. The highest BCUT2D eigenvalue weighted by molar-refractivity contribution is 6.57. The highest BCUT2D eigenvalue weighted by Crippen LogP contribution is 2.22. The Morgan fingerprint density at radius 1 is 0.658 bits per heavy atom. The molecule has 5 heteroatoms. The molecule has 0 aliphatic heterocycles. The van der Waals surface area contributed by atoms with Crippen LogP contribution in [0.4, 0.5) is 4.79 Å². The molecule has 1 amide bonds. The number of carbonyl (C=O) groups excluding carboxylic acids is 1. The van der Waals surface area contributed by atoms with Crippen molar-refractivity contribution in [2.75, 3.05) is 0 Å². The Kier molecular flexibility index (Phi) is 10.3. The van der Waals surface area contributed by atoms with Crippen LogP contribution in [-0.2, 0) is 25.9 Å². The first-order chi connectivity index (χ1) is 18.6. The first-order valence-electron chi connectivity index (χ1n) is 13.2. The summed E-state index contributed by atoms with van der Waals surface area (Å²) in [5, 5.41) is 14.7. The van der Waals surface area contributed by atoms with Crippen LogP contribution >= 0.6 is 0 Å². The number of amides is 1. The van der Waals surface area contributed by atoms with Crippen LogP contribution in [0.15, 0.2) is 121 Å². The summed E-state index contributed by atoms with van der Waals surface area (Å²) in [5.74, 6) is -0.580. The Hall–Kier alpha value is -3.67. The van der Waals surface area contributed by atoms with E-state index in [2.05, 4.69) is 46.6 Å². The summed E-state index contributed by atoms with van der Waals surface area (Å²) in [6, 6.07) is 40.5. The SMILES string of the molecule is [B]C(=O)N[C@@H](Cc1ccccc1)C[C@H](O)[C@H](Cc1ccccc1)N(Cc1ccccc1)Cc1ccccc1. The number of rotatable bonds is 13. The van der Waals surface area contributed by atoms with E-state index in [1.807, 2.05) is 84.9 Å². The molecular formula is C33H35BN2O2. The largest absolute Gasteiger partial charge is 0.391 e. The van der Waals surface area contributed by atoms with Crippen LogP contribution in [-0.4, -0.2) is 41.8 Å². The van der Waals surface area contributed by atoms with Crippen LogP contribution in [0.2, 0.25) is 0 Å². The fraction of sp³-hybridized carbons (Fsp3) is 0.242. The minimum atomic E-state index is -0.705. The standard InChI is InChI=1S/C33H35BN2O2/c34-33(38)35-30(21-26-13-5-1-6-14-26)23-32(37)31(22-27-15-7-2-8-16-27)36(24-28-17-9-3-10-18-28)25-29-19-11-4-12-20-29/h1-20,30-32,37H,21-25H2,(H,35,38)/t30-,31-,32-/m0/s1. The normalized spacial score (nSPS) is 13.5. The molecule has 0 aliphatic carbocycles. The molecule has 3 atom stereocenters. The maximum Gasteiger partial charge on any atom is 0.200 e. The summed E-state index contributed by atoms with van der Waals surface area (Å²) in [4.78, 5) is 14.2. The van der Waals surface area contributed by atoms with Crippen LogP contribution in [0.25, 0.3) is 0 Å². The molecule has 4 rings (SSSR count). The summed E-state index contributed by atoms with van der Waals surface area (Å²) in [6.45, 7) is 1.38. The first-order valence-corrected chi connectivity index (χ1v) is 13.2. The van der Waals surface area contributed by atoms with Gasteiger partial charge in [-0.25, -0.2) is 0 Å².